The van der Waals surface area contributed by atoms with E-state index in [1.54, 1.807) is 0 Å². The van der Waals surface area contributed by atoms with Gasteiger partial charge in [0.15, 0.2) is 0 Å². The lowest BCUT2D eigenvalue weighted by molar-refractivity contribution is 0.275. The number of sulfonamides is 1. The molecule has 18 heavy (non-hydrogen) atoms. The van der Waals surface area contributed by atoms with Gasteiger partial charge in [0, 0.05) is 12.6 Å². The highest BCUT2D eigenvalue weighted by Crippen LogP contribution is 2.21. The zero-order valence-corrected chi connectivity index (χ0v) is 11.0. The minimum Gasteiger partial charge on any atom is -0.392 e. The highest BCUT2D eigenvalue weighted by atomic mass is 32.2. The van der Waals surface area contributed by atoms with Gasteiger partial charge in [-0.2, -0.15) is 4.31 Å². The van der Waals surface area contributed by atoms with Gasteiger partial charge in [-0.05, 0) is 24.6 Å². The van der Waals surface area contributed by atoms with E-state index in [9.17, 15) is 12.8 Å². The first kappa shape index (κ1) is 14.6. The van der Waals surface area contributed by atoms with Crippen molar-refractivity contribution in [3.8, 4) is 12.3 Å². The van der Waals surface area contributed by atoms with Gasteiger partial charge in [-0.1, -0.05) is 5.92 Å². The molecule has 0 saturated carbocycles. The predicted molar refractivity (Wildman–Crippen MR) is 65.7 cm³/mol. The lowest BCUT2D eigenvalue weighted by Gasteiger charge is -2.16. The quantitative estimate of drug-likeness (QED) is 0.827. The van der Waals surface area contributed by atoms with Gasteiger partial charge in [0.05, 0.1) is 18.0 Å². The number of aryl methyl sites for hydroxylation is 1. The molecule has 0 spiro atoms. The fourth-order valence-corrected chi connectivity index (χ4v) is 2.69. The molecule has 0 heterocycles. The molecule has 6 heteroatoms. The topological polar surface area (TPSA) is 57.6 Å². The van der Waals surface area contributed by atoms with Gasteiger partial charge in [-0.25, -0.2) is 12.8 Å². The second-order valence-corrected chi connectivity index (χ2v) is 5.88. The molecule has 0 fully saturated rings. The Morgan fingerprint density at radius 3 is 2.61 bits per heavy atom. The van der Waals surface area contributed by atoms with Crippen molar-refractivity contribution in [2.24, 2.45) is 0 Å². The van der Waals surface area contributed by atoms with Crippen LogP contribution in [0.5, 0.6) is 0 Å². The molecule has 0 atom stereocenters. The van der Waals surface area contributed by atoms with Gasteiger partial charge < -0.3 is 5.11 Å². The Labute approximate surface area is 106 Å². The number of terminal acetylenes is 1. The molecular weight excluding hydrogens is 257 g/mol. The Hall–Kier alpha value is -1.42. The molecule has 1 rings (SSSR count). The van der Waals surface area contributed by atoms with Crippen LogP contribution in [0.25, 0.3) is 0 Å². The highest BCUT2D eigenvalue weighted by Gasteiger charge is 2.22. The van der Waals surface area contributed by atoms with Crippen molar-refractivity contribution >= 4 is 10.0 Å². The van der Waals surface area contributed by atoms with E-state index < -0.39 is 22.4 Å². The Kier molecular flexibility index (Phi) is 4.46. The minimum absolute atomic E-state index is 0.0531. The summed E-state index contributed by atoms with van der Waals surface area (Å²) >= 11 is 0. The van der Waals surface area contributed by atoms with Crippen molar-refractivity contribution in [3.63, 3.8) is 0 Å². The van der Waals surface area contributed by atoms with E-state index in [0.717, 1.165) is 10.4 Å². The normalized spacial score (nSPS) is 11.6. The zero-order valence-electron chi connectivity index (χ0n) is 10.1. The summed E-state index contributed by atoms with van der Waals surface area (Å²) < 4.78 is 38.7. The lowest BCUT2D eigenvalue weighted by atomic mass is 10.1. The molecule has 98 valence electrons. The number of benzene rings is 1. The fourth-order valence-electron chi connectivity index (χ4n) is 1.46. The van der Waals surface area contributed by atoms with Gasteiger partial charge in [-0.3, -0.25) is 0 Å². The molecule has 4 nitrogen and oxygen atoms in total. The summed E-state index contributed by atoms with van der Waals surface area (Å²) in [7, 11) is -2.42. The van der Waals surface area contributed by atoms with Crippen molar-refractivity contribution in [1.29, 1.82) is 0 Å². The Morgan fingerprint density at radius 1 is 1.50 bits per heavy atom. The number of hydrogen-bond donors (Lipinski definition) is 1. The molecule has 0 saturated heterocycles. The van der Waals surface area contributed by atoms with Crippen LogP contribution in [0.3, 0.4) is 0 Å². The first-order valence-electron chi connectivity index (χ1n) is 5.14. The number of nitrogens with zero attached hydrogens (tertiary/aromatic N) is 1. The number of rotatable bonds is 4. The maximum Gasteiger partial charge on any atom is 0.243 e. The molecule has 0 radical (unpaired) electrons. The zero-order chi connectivity index (χ0) is 13.9. The van der Waals surface area contributed by atoms with Crippen LogP contribution in [-0.4, -0.2) is 31.4 Å². The molecule has 1 N–H and O–H groups in total. The minimum atomic E-state index is -3.76. The molecule has 0 bridgehead atoms. The van der Waals surface area contributed by atoms with Crippen LogP contribution in [0.2, 0.25) is 0 Å². The second-order valence-electron chi connectivity index (χ2n) is 3.84. The smallest absolute Gasteiger partial charge is 0.243 e. The van der Waals surface area contributed by atoms with Crippen LogP contribution in [0.1, 0.15) is 11.1 Å². The van der Waals surface area contributed by atoms with Crippen molar-refractivity contribution in [2.75, 3.05) is 13.6 Å². The summed E-state index contributed by atoms with van der Waals surface area (Å²) in [4.78, 5) is -0.0804. The van der Waals surface area contributed by atoms with Crippen molar-refractivity contribution in [2.45, 2.75) is 18.4 Å². The van der Waals surface area contributed by atoms with Gasteiger partial charge in [0.1, 0.15) is 5.82 Å². The Morgan fingerprint density at radius 2 is 2.11 bits per heavy atom. The van der Waals surface area contributed by atoms with Gasteiger partial charge in [0.2, 0.25) is 10.0 Å². The average Bonchev–Trinajstić information content (AvgIpc) is 2.32. The third-order valence-electron chi connectivity index (χ3n) is 2.50. The average molecular weight is 271 g/mol. The summed E-state index contributed by atoms with van der Waals surface area (Å²) in [6, 6.07) is 2.33. The van der Waals surface area contributed by atoms with Gasteiger partial charge in [-0.15, -0.1) is 6.42 Å². The molecule has 0 aliphatic heterocycles. The summed E-state index contributed by atoms with van der Waals surface area (Å²) in [6.45, 7) is 0.802. The predicted octanol–water partition coefficient (Wildman–Crippen LogP) is 0.880. The summed E-state index contributed by atoms with van der Waals surface area (Å²) in [5, 5.41) is 8.99. The van der Waals surface area contributed by atoms with E-state index in [0.29, 0.717) is 0 Å². The molecule has 0 amide bonds. The summed E-state index contributed by atoms with van der Waals surface area (Å²) in [6.07, 6.45) is 5.06. The molecule has 0 aliphatic rings. The standard InChI is InChI=1S/C12H14FNO3S/c1-4-5-14(3)18(16,17)11-6-9(2)12(13)10(7-11)8-15/h1,6-7,15H,5,8H2,2-3H3. The van der Waals surface area contributed by atoms with E-state index in [2.05, 4.69) is 5.92 Å². The maximum atomic E-state index is 13.5. The largest absolute Gasteiger partial charge is 0.392 e. The van der Waals surface area contributed by atoms with E-state index in [4.69, 9.17) is 11.5 Å². The Balaban J connectivity index is 3.35. The van der Waals surface area contributed by atoms with Crippen LogP contribution >= 0.6 is 0 Å². The second kappa shape index (κ2) is 5.48. The van der Waals surface area contributed by atoms with E-state index in [-0.39, 0.29) is 22.6 Å². The van der Waals surface area contributed by atoms with Crippen molar-refractivity contribution in [3.05, 3.63) is 29.1 Å². The SMILES string of the molecule is C#CCN(C)S(=O)(=O)c1cc(C)c(F)c(CO)c1. The first-order valence-corrected chi connectivity index (χ1v) is 6.58. The molecular formula is C12H14FNO3S. The number of aliphatic hydroxyl groups is 1. The van der Waals surface area contributed by atoms with Crippen LogP contribution in [0.15, 0.2) is 17.0 Å². The summed E-state index contributed by atoms with van der Waals surface area (Å²) in [5.74, 6) is 1.62. The van der Waals surface area contributed by atoms with Crippen LogP contribution in [0, 0.1) is 25.1 Å². The van der Waals surface area contributed by atoms with Crippen molar-refractivity contribution < 1.29 is 17.9 Å². The maximum absolute atomic E-state index is 13.5. The monoisotopic (exact) mass is 271 g/mol. The first-order chi connectivity index (χ1) is 8.34. The van der Waals surface area contributed by atoms with E-state index >= 15 is 0 Å². The molecule has 0 aliphatic carbocycles. The summed E-state index contributed by atoms with van der Waals surface area (Å²) in [5.41, 5.74) is 0.108. The number of aliphatic hydroxyl groups excluding tert-OH is 1. The van der Waals surface area contributed by atoms with Crippen LogP contribution < -0.4 is 0 Å². The van der Waals surface area contributed by atoms with Crippen molar-refractivity contribution in [1.82, 2.24) is 4.31 Å². The van der Waals surface area contributed by atoms with Gasteiger partial charge >= 0.3 is 0 Å². The number of hydrogen-bond acceptors (Lipinski definition) is 3. The van der Waals surface area contributed by atoms with E-state index in [1.165, 1.54) is 20.0 Å². The molecule has 1 aromatic carbocycles. The molecule has 1 aromatic rings. The molecule has 0 aromatic heterocycles. The van der Waals surface area contributed by atoms with Crippen LogP contribution in [-0.2, 0) is 16.6 Å². The number of halogens is 1. The third kappa shape index (κ3) is 2.70. The Bertz CT molecular complexity index is 590. The van der Waals surface area contributed by atoms with Gasteiger partial charge in [0.25, 0.3) is 0 Å². The van der Waals surface area contributed by atoms with E-state index in [1.807, 2.05) is 0 Å². The lowest BCUT2D eigenvalue weighted by Crippen LogP contribution is -2.27. The highest BCUT2D eigenvalue weighted by molar-refractivity contribution is 7.89. The third-order valence-corrected chi connectivity index (χ3v) is 4.28. The molecule has 0 unspecified atom stereocenters. The van der Waals surface area contributed by atoms with Crippen LogP contribution in [0.4, 0.5) is 4.39 Å². The fraction of sp³-hybridized carbons (Fsp3) is 0.333.